The third-order valence-corrected chi connectivity index (χ3v) is 3.92. The van der Waals surface area contributed by atoms with Gasteiger partial charge in [0, 0.05) is 19.0 Å². The standard InChI is InChI=1S/C10H17BrN2O2/c1-6(2)9(11)10(15)13-7-3-4-8(14)12-5-7/h6-7,9H,3-5H2,1-2H3,(H,12,14)(H,13,15). The minimum Gasteiger partial charge on any atom is -0.354 e. The summed E-state index contributed by atoms with van der Waals surface area (Å²) in [5, 5.41) is 5.66. The van der Waals surface area contributed by atoms with Crippen molar-refractivity contribution in [2.75, 3.05) is 6.54 Å². The van der Waals surface area contributed by atoms with Gasteiger partial charge in [0.2, 0.25) is 11.8 Å². The van der Waals surface area contributed by atoms with Crippen molar-refractivity contribution in [3.05, 3.63) is 0 Å². The molecule has 0 saturated carbocycles. The van der Waals surface area contributed by atoms with E-state index in [1.807, 2.05) is 13.8 Å². The first kappa shape index (κ1) is 12.5. The quantitative estimate of drug-likeness (QED) is 0.750. The Bertz CT molecular complexity index is 246. The van der Waals surface area contributed by atoms with E-state index in [2.05, 4.69) is 26.6 Å². The number of piperidine rings is 1. The van der Waals surface area contributed by atoms with Crippen LogP contribution < -0.4 is 10.6 Å². The molecule has 0 spiro atoms. The first-order valence-electron chi connectivity index (χ1n) is 5.22. The zero-order valence-corrected chi connectivity index (χ0v) is 10.6. The van der Waals surface area contributed by atoms with Crippen LogP contribution in [-0.2, 0) is 9.59 Å². The topological polar surface area (TPSA) is 58.2 Å². The number of halogens is 1. The first-order chi connectivity index (χ1) is 7.00. The molecule has 1 aliphatic rings. The van der Waals surface area contributed by atoms with E-state index in [1.54, 1.807) is 0 Å². The largest absolute Gasteiger partial charge is 0.354 e. The Hall–Kier alpha value is -0.580. The molecule has 1 fully saturated rings. The summed E-state index contributed by atoms with van der Waals surface area (Å²) in [5.41, 5.74) is 0. The summed E-state index contributed by atoms with van der Waals surface area (Å²) in [4.78, 5) is 22.4. The summed E-state index contributed by atoms with van der Waals surface area (Å²) in [7, 11) is 0. The molecule has 0 aromatic rings. The van der Waals surface area contributed by atoms with Crippen LogP contribution in [0.2, 0.25) is 0 Å². The zero-order chi connectivity index (χ0) is 11.4. The highest BCUT2D eigenvalue weighted by Crippen LogP contribution is 2.13. The molecule has 2 N–H and O–H groups in total. The maximum atomic E-state index is 11.7. The van der Waals surface area contributed by atoms with E-state index in [1.165, 1.54) is 0 Å². The van der Waals surface area contributed by atoms with Gasteiger partial charge >= 0.3 is 0 Å². The van der Waals surface area contributed by atoms with Crippen molar-refractivity contribution >= 4 is 27.7 Å². The van der Waals surface area contributed by atoms with Crippen LogP contribution in [0.25, 0.3) is 0 Å². The Morgan fingerprint density at radius 2 is 2.27 bits per heavy atom. The van der Waals surface area contributed by atoms with Gasteiger partial charge in [0.15, 0.2) is 0 Å². The van der Waals surface area contributed by atoms with Crippen LogP contribution in [0.5, 0.6) is 0 Å². The minimum absolute atomic E-state index is 0.00569. The Morgan fingerprint density at radius 1 is 1.60 bits per heavy atom. The van der Waals surface area contributed by atoms with Crippen molar-refractivity contribution in [1.29, 1.82) is 0 Å². The summed E-state index contributed by atoms with van der Waals surface area (Å²) < 4.78 is 0. The third kappa shape index (κ3) is 3.81. The predicted molar refractivity (Wildman–Crippen MR) is 61.7 cm³/mol. The molecule has 2 amide bonds. The Morgan fingerprint density at radius 3 is 2.73 bits per heavy atom. The number of carbonyl (C=O) groups excluding carboxylic acids is 2. The van der Waals surface area contributed by atoms with Crippen molar-refractivity contribution in [2.24, 2.45) is 5.92 Å². The first-order valence-corrected chi connectivity index (χ1v) is 6.13. The van der Waals surface area contributed by atoms with Gasteiger partial charge < -0.3 is 10.6 Å². The SMILES string of the molecule is CC(C)C(Br)C(=O)NC1CCC(=O)NC1. The van der Waals surface area contributed by atoms with Crippen molar-refractivity contribution in [3.63, 3.8) is 0 Å². The van der Waals surface area contributed by atoms with E-state index in [0.29, 0.717) is 13.0 Å². The van der Waals surface area contributed by atoms with E-state index in [9.17, 15) is 9.59 Å². The zero-order valence-electron chi connectivity index (χ0n) is 9.05. The lowest BCUT2D eigenvalue weighted by Gasteiger charge is -2.25. The van der Waals surface area contributed by atoms with Gasteiger partial charge in [-0.3, -0.25) is 9.59 Å². The van der Waals surface area contributed by atoms with E-state index in [0.717, 1.165) is 6.42 Å². The third-order valence-electron chi connectivity index (χ3n) is 2.45. The normalized spacial score (nSPS) is 23.5. The van der Waals surface area contributed by atoms with Crippen molar-refractivity contribution in [3.8, 4) is 0 Å². The molecule has 0 radical (unpaired) electrons. The van der Waals surface area contributed by atoms with Gasteiger partial charge in [-0.05, 0) is 12.3 Å². The van der Waals surface area contributed by atoms with Gasteiger partial charge in [0.05, 0.1) is 4.83 Å². The molecule has 0 bridgehead atoms. The van der Waals surface area contributed by atoms with Gasteiger partial charge in [-0.15, -0.1) is 0 Å². The number of hydrogen-bond donors (Lipinski definition) is 2. The average Bonchev–Trinajstić information content (AvgIpc) is 2.20. The number of rotatable bonds is 3. The number of amides is 2. The molecule has 0 aromatic heterocycles. The molecule has 1 saturated heterocycles. The van der Waals surface area contributed by atoms with Crippen molar-refractivity contribution in [2.45, 2.75) is 37.6 Å². The molecule has 2 atom stereocenters. The lowest BCUT2D eigenvalue weighted by Crippen LogP contribution is -2.50. The number of hydrogen-bond acceptors (Lipinski definition) is 2. The Balaban J connectivity index is 2.35. The molecule has 4 nitrogen and oxygen atoms in total. The summed E-state index contributed by atoms with van der Waals surface area (Å²) in [6.07, 6.45) is 1.23. The maximum absolute atomic E-state index is 11.7. The maximum Gasteiger partial charge on any atom is 0.234 e. The van der Waals surface area contributed by atoms with E-state index < -0.39 is 0 Å². The van der Waals surface area contributed by atoms with Gasteiger partial charge in [-0.1, -0.05) is 29.8 Å². The molecule has 86 valence electrons. The molecular formula is C10H17BrN2O2. The number of carbonyl (C=O) groups is 2. The van der Waals surface area contributed by atoms with Crippen LogP contribution in [0.1, 0.15) is 26.7 Å². The minimum atomic E-state index is -0.157. The van der Waals surface area contributed by atoms with Gasteiger partial charge in [0.1, 0.15) is 0 Å². The second kappa shape index (κ2) is 5.49. The van der Waals surface area contributed by atoms with Crippen LogP contribution in [0.15, 0.2) is 0 Å². The lowest BCUT2D eigenvalue weighted by molar-refractivity contribution is -0.125. The van der Waals surface area contributed by atoms with Gasteiger partial charge in [-0.2, -0.15) is 0 Å². The summed E-state index contributed by atoms with van der Waals surface area (Å²) in [6.45, 7) is 4.52. The molecule has 2 unspecified atom stereocenters. The van der Waals surface area contributed by atoms with E-state index in [4.69, 9.17) is 0 Å². The van der Waals surface area contributed by atoms with Gasteiger partial charge in [0.25, 0.3) is 0 Å². The number of nitrogens with one attached hydrogen (secondary N) is 2. The fourth-order valence-electron chi connectivity index (χ4n) is 1.44. The second-order valence-electron chi connectivity index (χ2n) is 4.19. The second-order valence-corrected chi connectivity index (χ2v) is 5.18. The molecule has 5 heteroatoms. The highest BCUT2D eigenvalue weighted by atomic mass is 79.9. The van der Waals surface area contributed by atoms with Crippen molar-refractivity contribution in [1.82, 2.24) is 10.6 Å². The van der Waals surface area contributed by atoms with Crippen LogP contribution in [-0.4, -0.2) is 29.2 Å². The van der Waals surface area contributed by atoms with Crippen LogP contribution in [0.4, 0.5) is 0 Å². The van der Waals surface area contributed by atoms with E-state index in [-0.39, 0.29) is 28.6 Å². The number of alkyl halides is 1. The Labute approximate surface area is 98.3 Å². The van der Waals surface area contributed by atoms with Crippen LogP contribution in [0, 0.1) is 5.92 Å². The van der Waals surface area contributed by atoms with Crippen LogP contribution >= 0.6 is 15.9 Å². The smallest absolute Gasteiger partial charge is 0.234 e. The molecule has 15 heavy (non-hydrogen) atoms. The Kier molecular flexibility index (Phi) is 4.57. The monoisotopic (exact) mass is 276 g/mol. The van der Waals surface area contributed by atoms with E-state index >= 15 is 0 Å². The van der Waals surface area contributed by atoms with Gasteiger partial charge in [-0.25, -0.2) is 0 Å². The molecule has 0 aromatic carbocycles. The summed E-state index contributed by atoms with van der Waals surface area (Å²) >= 11 is 3.35. The molecule has 1 rings (SSSR count). The molecule has 0 aliphatic carbocycles. The molecule has 1 aliphatic heterocycles. The lowest BCUT2D eigenvalue weighted by atomic mass is 10.1. The highest BCUT2D eigenvalue weighted by molar-refractivity contribution is 9.10. The molecule has 1 heterocycles. The molecular weight excluding hydrogens is 260 g/mol. The van der Waals surface area contributed by atoms with Crippen LogP contribution in [0.3, 0.4) is 0 Å². The fraction of sp³-hybridized carbons (Fsp3) is 0.800. The summed E-state index contributed by atoms with van der Waals surface area (Å²) in [5.74, 6) is 0.342. The average molecular weight is 277 g/mol. The highest BCUT2D eigenvalue weighted by Gasteiger charge is 2.24. The predicted octanol–water partition coefficient (Wildman–Crippen LogP) is 0.801. The summed E-state index contributed by atoms with van der Waals surface area (Å²) in [6, 6.07) is 0.0778. The van der Waals surface area contributed by atoms with Crippen molar-refractivity contribution < 1.29 is 9.59 Å². The fourth-order valence-corrected chi connectivity index (χ4v) is 1.57.